The van der Waals surface area contributed by atoms with Gasteiger partial charge in [0.15, 0.2) is 0 Å². The first-order valence-electron chi connectivity index (χ1n) is 5.14. The molecule has 0 amide bonds. The van der Waals surface area contributed by atoms with E-state index in [-0.39, 0.29) is 5.75 Å². The topological polar surface area (TPSA) is 83.5 Å². The van der Waals surface area contributed by atoms with E-state index in [1.54, 1.807) is 0 Å². The van der Waals surface area contributed by atoms with Gasteiger partial charge in [-0.2, -0.15) is 11.8 Å². The minimum absolute atomic E-state index is 0.00739. The second kappa shape index (κ2) is 7.92. The summed E-state index contributed by atoms with van der Waals surface area (Å²) < 4.78 is 25.2. The second-order valence-corrected chi connectivity index (χ2v) is 6.32. The lowest BCUT2D eigenvalue weighted by molar-refractivity contribution is -0.139. The zero-order valence-corrected chi connectivity index (χ0v) is 11.2. The highest BCUT2D eigenvalue weighted by Crippen LogP contribution is 2.03. The smallest absolute Gasteiger partial charge is 0.321 e. The Balaban J connectivity index is 4.32. The normalized spacial score (nSPS) is 13.6. The van der Waals surface area contributed by atoms with Crippen molar-refractivity contribution in [3.63, 3.8) is 0 Å². The van der Waals surface area contributed by atoms with Crippen LogP contribution in [0.1, 0.15) is 26.2 Å². The molecule has 0 aromatic rings. The summed E-state index contributed by atoms with van der Waals surface area (Å²) in [6.45, 7) is 1.89. The summed E-state index contributed by atoms with van der Waals surface area (Å²) in [5.41, 5.74) is 0. The SMILES string of the molecule is CCCCS(=O)(=O)N[C@@H](CCSC)C(=O)O. The molecule has 2 N–H and O–H groups in total. The number of aliphatic carboxylic acids is 1. The predicted octanol–water partition coefficient (Wildman–Crippen LogP) is 0.912. The van der Waals surface area contributed by atoms with Gasteiger partial charge in [-0.1, -0.05) is 13.3 Å². The van der Waals surface area contributed by atoms with Gasteiger partial charge in [0.2, 0.25) is 10.0 Å². The monoisotopic (exact) mass is 269 g/mol. The molecule has 0 radical (unpaired) electrons. The van der Waals surface area contributed by atoms with Crippen LogP contribution in [0, 0.1) is 0 Å². The van der Waals surface area contributed by atoms with Crippen LogP contribution in [0.3, 0.4) is 0 Å². The molecule has 16 heavy (non-hydrogen) atoms. The maximum atomic E-state index is 11.5. The predicted molar refractivity (Wildman–Crippen MR) is 66.3 cm³/mol. The number of hydrogen-bond donors (Lipinski definition) is 2. The number of carboxylic acids is 1. The van der Waals surface area contributed by atoms with Crippen molar-refractivity contribution in [2.24, 2.45) is 0 Å². The quantitative estimate of drug-likeness (QED) is 0.650. The third kappa shape index (κ3) is 7.08. The first kappa shape index (κ1) is 15.7. The number of hydrogen-bond acceptors (Lipinski definition) is 4. The molecule has 0 saturated heterocycles. The Morgan fingerprint density at radius 1 is 1.50 bits per heavy atom. The van der Waals surface area contributed by atoms with Gasteiger partial charge in [-0.25, -0.2) is 13.1 Å². The van der Waals surface area contributed by atoms with Gasteiger partial charge in [0.05, 0.1) is 5.75 Å². The van der Waals surface area contributed by atoms with Crippen molar-refractivity contribution < 1.29 is 18.3 Å². The van der Waals surface area contributed by atoms with Crippen LogP contribution >= 0.6 is 11.8 Å². The van der Waals surface area contributed by atoms with Crippen LogP contribution in [0.5, 0.6) is 0 Å². The highest BCUT2D eigenvalue weighted by Gasteiger charge is 2.22. The highest BCUT2D eigenvalue weighted by atomic mass is 32.2. The van der Waals surface area contributed by atoms with Crippen molar-refractivity contribution in [3.05, 3.63) is 0 Å². The van der Waals surface area contributed by atoms with Crippen molar-refractivity contribution in [1.29, 1.82) is 0 Å². The molecule has 0 saturated carbocycles. The molecule has 0 heterocycles. The summed E-state index contributed by atoms with van der Waals surface area (Å²) in [7, 11) is -3.46. The van der Waals surface area contributed by atoms with Crippen LogP contribution in [-0.2, 0) is 14.8 Å². The van der Waals surface area contributed by atoms with Gasteiger partial charge < -0.3 is 5.11 Å². The highest BCUT2D eigenvalue weighted by molar-refractivity contribution is 7.98. The molecule has 0 bridgehead atoms. The van der Waals surface area contributed by atoms with Crippen molar-refractivity contribution in [2.75, 3.05) is 17.8 Å². The number of thioether (sulfide) groups is 1. The zero-order chi connectivity index (χ0) is 12.6. The number of unbranched alkanes of at least 4 members (excludes halogenated alkanes) is 1. The lowest BCUT2D eigenvalue weighted by Crippen LogP contribution is -2.42. The van der Waals surface area contributed by atoms with E-state index in [2.05, 4.69) is 4.72 Å². The largest absolute Gasteiger partial charge is 0.480 e. The second-order valence-electron chi connectivity index (χ2n) is 3.46. The van der Waals surface area contributed by atoms with E-state index in [9.17, 15) is 13.2 Å². The lowest BCUT2D eigenvalue weighted by atomic mass is 10.2. The number of carbonyl (C=O) groups is 1. The van der Waals surface area contributed by atoms with Gasteiger partial charge in [-0.3, -0.25) is 4.79 Å². The van der Waals surface area contributed by atoms with Crippen LogP contribution in [-0.4, -0.2) is 43.3 Å². The van der Waals surface area contributed by atoms with Crippen LogP contribution in [0.15, 0.2) is 0 Å². The third-order valence-electron chi connectivity index (χ3n) is 2.00. The van der Waals surface area contributed by atoms with Gasteiger partial charge >= 0.3 is 5.97 Å². The van der Waals surface area contributed by atoms with Crippen molar-refractivity contribution in [2.45, 2.75) is 32.2 Å². The van der Waals surface area contributed by atoms with Gasteiger partial charge in [-0.05, 0) is 24.9 Å². The van der Waals surface area contributed by atoms with Crippen LogP contribution in [0.25, 0.3) is 0 Å². The average Bonchev–Trinajstić information content (AvgIpc) is 2.21. The van der Waals surface area contributed by atoms with Gasteiger partial charge in [0.25, 0.3) is 0 Å². The molecular formula is C9H19NO4S2. The molecule has 0 aliphatic carbocycles. The minimum Gasteiger partial charge on any atom is -0.480 e. The molecule has 0 aromatic carbocycles. The Labute approximate surface area is 101 Å². The summed E-state index contributed by atoms with van der Waals surface area (Å²) in [4.78, 5) is 10.8. The van der Waals surface area contributed by atoms with E-state index in [4.69, 9.17) is 5.11 Å². The molecule has 0 rings (SSSR count). The standard InChI is InChI=1S/C9H19NO4S2/c1-3-4-7-16(13,14)10-8(9(11)12)5-6-15-2/h8,10H,3-7H2,1-2H3,(H,11,12)/t8-/m0/s1. The summed E-state index contributed by atoms with van der Waals surface area (Å²) in [5.74, 6) is -0.506. The molecule has 0 fully saturated rings. The van der Waals surface area contributed by atoms with Crippen molar-refractivity contribution in [1.82, 2.24) is 4.72 Å². The maximum absolute atomic E-state index is 11.5. The fourth-order valence-electron chi connectivity index (χ4n) is 1.08. The molecule has 1 atom stereocenters. The summed E-state index contributed by atoms with van der Waals surface area (Å²) >= 11 is 1.49. The summed E-state index contributed by atoms with van der Waals surface area (Å²) in [6.07, 6.45) is 3.47. The first-order valence-corrected chi connectivity index (χ1v) is 8.19. The van der Waals surface area contributed by atoms with Gasteiger partial charge in [-0.15, -0.1) is 0 Å². The Morgan fingerprint density at radius 3 is 2.56 bits per heavy atom. The molecule has 0 unspecified atom stereocenters. The molecule has 5 nitrogen and oxygen atoms in total. The molecule has 0 aromatic heterocycles. The molecular weight excluding hydrogens is 250 g/mol. The van der Waals surface area contributed by atoms with Gasteiger partial charge in [0.1, 0.15) is 6.04 Å². The number of sulfonamides is 1. The number of nitrogens with one attached hydrogen (secondary N) is 1. The average molecular weight is 269 g/mol. The zero-order valence-electron chi connectivity index (χ0n) is 9.60. The maximum Gasteiger partial charge on any atom is 0.321 e. The summed E-state index contributed by atoms with van der Waals surface area (Å²) in [5, 5.41) is 8.85. The Morgan fingerprint density at radius 2 is 2.12 bits per heavy atom. The Kier molecular flexibility index (Phi) is 7.78. The van der Waals surface area contributed by atoms with E-state index in [1.165, 1.54) is 11.8 Å². The molecule has 0 spiro atoms. The number of rotatable bonds is 9. The fourth-order valence-corrected chi connectivity index (χ4v) is 2.99. The lowest BCUT2D eigenvalue weighted by Gasteiger charge is -2.13. The molecule has 0 aliphatic heterocycles. The van der Waals surface area contributed by atoms with Crippen molar-refractivity contribution in [3.8, 4) is 0 Å². The Bertz CT molecular complexity index is 303. The van der Waals surface area contributed by atoms with Crippen LogP contribution in [0.4, 0.5) is 0 Å². The number of carboxylic acid groups (broad SMARTS) is 1. The van der Waals surface area contributed by atoms with E-state index in [0.717, 1.165) is 6.42 Å². The van der Waals surface area contributed by atoms with Crippen molar-refractivity contribution >= 4 is 27.8 Å². The molecule has 0 aliphatic rings. The third-order valence-corrected chi connectivity index (χ3v) is 4.11. The molecule has 96 valence electrons. The molecule has 7 heteroatoms. The van der Waals surface area contributed by atoms with Crippen LogP contribution in [0.2, 0.25) is 0 Å². The van der Waals surface area contributed by atoms with E-state index in [0.29, 0.717) is 18.6 Å². The van der Waals surface area contributed by atoms with E-state index >= 15 is 0 Å². The minimum atomic E-state index is -3.46. The van der Waals surface area contributed by atoms with E-state index in [1.807, 2.05) is 13.2 Å². The Hall–Kier alpha value is -0.270. The van der Waals surface area contributed by atoms with Crippen LogP contribution < -0.4 is 4.72 Å². The van der Waals surface area contributed by atoms with Gasteiger partial charge in [0, 0.05) is 0 Å². The fraction of sp³-hybridized carbons (Fsp3) is 0.889. The summed E-state index contributed by atoms with van der Waals surface area (Å²) in [6, 6.07) is -1.01. The first-order chi connectivity index (χ1) is 7.43. The van der Waals surface area contributed by atoms with E-state index < -0.39 is 22.0 Å².